The van der Waals surface area contributed by atoms with E-state index in [1.807, 2.05) is 0 Å². The molecule has 1 aliphatic rings. The van der Waals surface area contributed by atoms with Gasteiger partial charge < -0.3 is 0 Å². The van der Waals surface area contributed by atoms with E-state index < -0.39 is 0 Å². The Morgan fingerprint density at radius 3 is 2.58 bits per heavy atom. The molecule has 0 atom stereocenters. The molecule has 0 unspecified atom stereocenters. The lowest BCUT2D eigenvalue weighted by Gasteiger charge is -2.12. The van der Waals surface area contributed by atoms with Crippen LogP contribution in [0.3, 0.4) is 0 Å². The van der Waals surface area contributed by atoms with Crippen LogP contribution in [-0.2, 0) is 4.79 Å². The topological polar surface area (TPSA) is 45.6 Å². The van der Waals surface area contributed by atoms with Crippen LogP contribution in [0, 0.1) is 0 Å². The highest BCUT2D eigenvalue weighted by Gasteiger charge is 2.33. The number of pyridine rings is 1. The summed E-state index contributed by atoms with van der Waals surface area (Å²) in [5.41, 5.74) is 1.07. The summed E-state index contributed by atoms with van der Waals surface area (Å²) in [5.74, 6) is -0.204. The predicted octanol–water partition coefficient (Wildman–Crippen LogP) is 5.83. The Morgan fingerprint density at radius 1 is 1.19 bits per heavy atom. The van der Waals surface area contributed by atoms with Crippen LogP contribution in [0.15, 0.2) is 59.1 Å². The van der Waals surface area contributed by atoms with Crippen molar-refractivity contribution in [3.05, 3.63) is 74.9 Å². The summed E-state index contributed by atoms with van der Waals surface area (Å²) in [6, 6.07) is 8.64. The van der Waals surface area contributed by atoms with E-state index in [0.717, 1.165) is 0 Å². The SMILES string of the molecule is C=CCN1C(=O)/C(=C/c2c(Cl)cccc2Cl)SC1=Nc1cccnc1Cl. The molecule has 1 saturated heterocycles. The Balaban J connectivity index is 2.03. The van der Waals surface area contributed by atoms with Crippen molar-refractivity contribution >= 4 is 69.4 Å². The van der Waals surface area contributed by atoms with Crippen molar-refractivity contribution in [3.63, 3.8) is 0 Å². The highest BCUT2D eigenvalue weighted by Crippen LogP contribution is 2.37. The van der Waals surface area contributed by atoms with Gasteiger partial charge in [0.15, 0.2) is 10.3 Å². The largest absolute Gasteiger partial charge is 0.283 e. The Hall–Kier alpha value is -1.79. The molecular weight excluding hydrogens is 413 g/mol. The van der Waals surface area contributed by atoms with Gasteiger partial charge in [0, 0.05) is 28.4 Å². The maximum Gasteiger partial charge on any atom is 0.267 e. The van der Waals surface area contributed by atoms with Gasteiger partial charge in [-0.1, -0.05) is 46.9 Å². The van der Waals surface area contributed by atoms with E-state index in [2.05, 4.69) is 16.6 Å². The summed E-state index contributed by atoms with van der Waals surface area (Å²) in [6.07, 6.45) is 4.87. The summed E-state index contributed by atoms with van der Waals surface area (Å²) in [6.45, 7) is 4.01. The monoisotopic (exact) mass is 423 g/mol. The first kappa shape index (κ1) is 19.0. The van der Waals surface area contributed by atoms with Crippen molar-refractivity contribution < 1.29 is 4.79 Å². The van der Waals surface area contributed by atoms with Crippen molar-refractivity contribution in [2.24, 2.45) is 4.99 Å². The van der Waals surface area contributed by atoms with Gasteiger partial charge in [0.2, 0.25) is 0 Å². The number of hydrogen-bond acceptors (Lipinski definition) is 4. The minimum absolute atomic E-state index is 0.204. The molecule has 1 fully saturated rings. The van der Waals surface area contributed by atoms with Crippen LogP contribution in [0.5, 0.6) is 0 Å². The first-order valence-corrected chi connectivity index (χ1v) is 9.42. The molecule has 2 heterocycles. The number of thioether (sulfide) groups is 1. The summed E-state index contributed by atoms with van der Waals surface area (Å²) in [4.78, 5) is 23.2. The van der Waals surface area contributed by atoms with E-state index in [-0.39, 0.29) is 11.1 Å². The zero-order valence-corrected chi connectivity index (χ0v) is 16.4. The fourth-order valence-electron chi connectivity index (χ4n) is 2.23. The quantitative estimate of drug-likeness (QED) is 0.352. The van der Waals surface area contributed by atoms with Gasteiger partial charge in [-0.15, -0.1) is 6.58 Å². The maximum atomic E-state index is 12.8. The van der Waals surface area contributed by atoms with E-state index in [9.17, 15) is 4.79 Å². The van der Waals surface area contributed by atoms with Crippen LogP contribution in [0.25, 0.3) is 6.08 Å². The third-order valence-corrected chi connectivity index (χ3v) is 5.39. The number of rotatable bonds is 4. The molecule has 0 bridgehead atoms. The maximum absolute atomic E-state index is 12.8. The van der Waals surface area contributed by atoms with Gasteiger partial charge in [0.25, 0.3) is 5.91 Å². The minimum atomic E-state index is -0.204. The Bertz CT molecular complexity index is 923. The number of aromatic nitrogens is 1. The van der Waals surface area contributed by atoms with Crippen LogP contribution in [0.2, 0.25) is 15.2 Å². The minimum Gasteiger partial charge on any atom is -0.283 e. The highest BCUT2D eigenvalue weighted by atomic mass is 35.5. The first-order valence-electron chi connectivity index (χ1n) is 7.46. The molecule has 0 aliphatic carbocycles. The van der Waals surface area contributed by atoms with Crippen molar-refractivity contribution in [1.82, 2.24) is 9.88 Å². The van der Waals surface area contributed by atoms with E-state index in [1.165, 1.54) is 16.7 Å². The molecule has 1 aliphatic heterocycles. The number of carbonyl (C=O) groups excluding carboxylic acids is 1. The molecule has 1 amide bonds. The van der Waals surface area contributed by atoms with Gasteiger partial charge in [-0.3, -0.25) is 9.69 Å². The van der Waals surface area contributed by atoms with Crippen LogP contribution in [0.1, 0.15) is 5.56 Å². The molecule has 0 radical (unpaired) electrons. The van der Waals surface area contributed by atoms with Gasteiger partial charge in [-0.2, -0.15) is 0 Å². The van der Waals surface area contributed by atoms with Crippen LogP contribution < -0.4 is 0 Å². The van der Waals surface area contributed by atoms with Crippen molar-refractivity contribution in [1.29, 1.82) is 0 Å². The highest BCUT2D eigenvalue weighted by molar-refractivity contribution is 8.18. The zero-order chi connectivity index (χ0) is 18.7. The molecule has 26 heavy (non-hydrogen) atoms. The molecule has 4 nitrogen and oxygen atoms in total. The second kappa shape index (κ2) is 8.27. The number of carbonyl (C=O) groups is 1. The molecule has 1 aromatic carbocycles. The lowest BCUT2D eigenvalue weighted by Crippen LogP contribution is -2.29. The number of aliphatic imine (C=N–C) groups is 1. The number of amides is 1. The molecule has 0 spiro atoms. The lowest BCUT2D eigenvalue weighted by atomic mass is 10.2. The first-order chi connectivity index (χ1) is 12.5. The van der Waals surface area contributed by atoms with Gasteiger partial charge in [0.05, 0.1) is 4.91 Å². The van der Waals surface area contributed by atoms with Gasteiger partial charge in [-0.05, 0) is 42.1 Å². The van der Waals surface area contributed by atoms with Crippen LogP contribution in [-0.4, -0.2) is 27.5 Å². The summed E-state index contributed by atoms with van der Waals surface area (Å²) in [5, 5.41) is 1.68. The predicted molar refractivity (Wildman–Crippen MR) is 110 cm³/mol. The molecule has 0 saturated carbocycles. The van der Waals surface area contributed by atoms with Crippen LogP contribution in [0.4, 0.5) is 5.69 Å². The van der Waals surface area contributed by atoms with Crippen molar-refractivity contribution in [3.8, 4) is 0 Å². The van der Waals surface area contributed by atoms with Gasteiger partial charge in [-0.25, -0.2) is 9.98 Å². The van der Waals surface area contributed by atoms with Gasteiger partial charge >= 0.3 is 0 Å². The fraction of sp³-hybridized carbons (Fsp3) is 0.0556. The van der Waals surface area contributed by atoms with Crippen molar-refractivity contribution in [2.45, 2.75) is 0 Å². The molecule has 2 aromatic rings. The van der Waals surface area contributed by atoms with E-state index >= 15 is 0 Å². The summed E-state index contributed by atoms with van der Waals surface area (Å²) < 4.78 is 0. The second-order valence-electron chi connectivity index (χ2n) is 5.16. The standard InChI is InChI=1S/C18H12Cl3N3OS/c1-2-9-24-17(25)15(10-11-12(19)5-3-6-13(11)20)26-18(24)23-14-7-4-8-22-16(14)21/h2-8,10H,1,9H2/b15-10-,23-18?. The molecule has 1 aromatic heterocycles. The molecule has 8 heteroatoms. The second-order valence-corrected chi connectivity index (χ2v) is 7.34. The molecular formula is C18H12Cl3N3OS. The number of benzene rings is 1. The number of amidine groups is 1. The fourth-order valence-corrected chi connectivity index (χ4v) is 3.88. The van der Waals surface area contributed by atoms with E-state index in [0.29, 0.717) is 37.9 Å². The third-order valence-electron chi connectivity index (χ3n) is 3.43. The summed E-state index contributed by atoms with van der Waals surface area (Å²) >= 11 is 19.7. The van der Waals surface area contributed by atoms with Gasteiger partial charge in [0.1, 0.15) is 5.69 Å². The normalized spacial score (nSPS) is 17.3. The number of nitrogens with zero attached hydrogens (tertiary/aromatic N) is 3. The molecule has 132 valence electrons. The molecule has 3 rings (SSSR count). The Morgan fingerprint density at radius 2 is 1.92 bits per heavy atom. The third kappa shape index (κ3) is 3.96. The van der Waals surface area contributed by atoms with E-state index in [1.54, 1.807) is 48.7 Å². The Labute approximate surface area is 170 Å². The molecule has 0 N–H and O–H groups in total. The number of halogens is 3. The van der Waals surface area contributed by atoms with E-state index in [4.69, 9.17) is 34.8 Å². The average Bonchev–Trinajstić information content (AvgIpc) is 2.89. The Kier molecular flexibility index (Phi) is 6.04. The summed E-state index contributed by atoms with van der Waals surface area (Å²) in [7, 11) is 0. The van der Waals surface area contributed by atoms with Crippen LogP contribution >= 0.6 is 46.6 Å². The smallest absolute Gasteiger partial charge is 0.267 e. The zero-order valence-electron chi connectivity index (χ0n) is 13.3. The van der Waals surface area contributed by atoms with Crippen molar-refractivity contribution in [2.75, 3.05) is 6.54 Å². The number of hydrogen-bond donors (Lipinski definition) is 0. The average molecular weight is 425 g/mol. The lowest BCUT2D eigenvalue weighted by molar-refractivity contribution is -0.121.